The van der Waals surface area contributed by atoms with Gasteiger partial charge in [-0.05, 0) is 61.0 Å². The van der Waals surface area contributed by atoms with Crippen molar-refractivity contribution in [1.29, 1.82) is 0 Å². The van der Waals surface area contributed by atoms with Gasteiger partial charge in [-0.3, -0.25) is 4.99 Å². The summed E-state index contributed by atoms with van der Waals surface area (Å²) in [6.45, 7) is 1.64. The van der Waals surface area contributed by atoms with Crippen LogP contribution in [0.25, 0.3) is 5.69 Å². The third-order valence-corrected chi connectivity index (χ3v) is 3.72. The number of rotatable bonds is 3. The van der Waals surface area contributed by atoms with Gasteiger partial charge in [0, 0.05) is 11.9 Å². The Labute approximate surface area is 142 Å². The molecule has 2 aromatic carbocycles. The molecular formula is C19H14F4N2. The van der Waals surface area contributed by atoms with E-state index in [4.69, 9.17) is 0 Å². The fraction of sp³-hybridized carbons (Fsp3) is 0.105. The average Bonchev–Trinajstić information content (AvgIpc) is 3.04. The van der Waals surface area contributed by atoms with Gasteiger partial charge in [0.2, 0.25) is 0 Å². The van der Waals surface area contributed by atoms with Gasteiger partial charge in [0.25, 0.3) is 0 Å². The van der Waals surface area contributed by atoms with E-state index in [1.807, 2.05) is 0 Å². The van der Waals surface area contributed by atoms with E-state index in [-0.39, 0.29) is 5.82 Å². The number of aryl methyl sites for hydroxylation is 1. The molecule has 2 nitrogen and oxygen atoms in total. The predicted octanol–water partition coefficient (Wildman–Crippen LogP) is 5.69. The van der Waals surface area contributed by atoms with Crippen LogP contribution in [0.15, 0.2) is 65.8 Å². The molecule has 0 unspecified atom stereocenters. The highest BCUT2D eigenvalue weighted by Crippen LogP contribution is 2.30. The maximum absolute atomic E-state index is 13.3. The number of alkyl halides is 3. The molecule has 0 aliphatic rings. The lowest BCUT2D eigenvalue weighted by Crippen LogP contribution is -2.06. The first kappa shape index (κ1) is 17.0. The fourth-order valence-corrected chi connectivity index (χ4v) is 2.42. The van der Waals surface area contributed by atoms with E-state index >= 15 is 0 Å². The zero-order valence-electron chi connectivity index (χ0n) is 13.3. The number of benzene rings is 2. The minimum absolute atomic E-state index is 0.314. The van der Waals surface area contributed by atoms with Crippen molar-refractivity contribution in [2.45, 2.75) is 13.1 Å². The summed E-state index contributed by atoms with van der Waals surface area (Å²) in [4.78, 5) is 4.27. The smallest absolute Gasteiger partial charge is 0.316 e. The Morgan fingerprint density at radius 1 is 1.00 bits per heavy atom. The predicted molar refractivity (Wildman–Crippen MR) is 89.2 cm³/mol. The summed E-state index contributed by atoms with van der Waals surface area (Å²) in [5.41, 5.74) is 1.33. The zero-order chi connectivity index (χ0) is 18.0. The summed E-state index contributed by atoms with van der Waals surface area (Å²) in [5.74, 6) is -0.314. The second-order valence-electron chi connectivity index (χ2n) is 5.54. The molecule has 0 atom stereocenters. The van der Waals surface area contributed by atoms with Crippen molar-refractivity contribution in [3.63, 3.8) is 0 Å². The van der Waals surface area contributed by atoms with Gasteiger partial charge in [-0.1, -0.05) is 6.07 Å². The van der Waals surface area contributed by atoms with Crippen molar-refractivity contribution in [1.82, 2.24) is 4.57 Å². The fourth-order valence-electron chi connectivity index (χ4n) is 2.42. The van der Waals surface area contributed by atoms with E-state index in [2.05, 4.69) is 4.99 Å². The lowest BCUT2D eigenvalue weighted by molar-refractivity contribution is -0.137. The maximum atomic E-state index is 13.3. The van der Waals surface area contributed by atoms with Crippen molar-refractivity contribution >= 4 is 11.9 Å². The van der Waals surface area contributed by atoms with E-state index < -0.39 is 11.7 Å². The molecule has 1 aromatic heterocycles. The second kappa shape index (κ2) is 6.55. The van der Waals surface area contributed by atoms with Crippen LogP contribution >= 0.6 is 0 Å². The third-order valence-electron chi connectivity index (χ3n) is 3.72. The molecule has 25 heavy (non-hydrogen) atoms. The summed E-state index contributed by atoms with van der Waals surface area (Å²) in [6.07, 6.45) is -1.21. The monoisotopic (exact) mass is 346 g/mol. The Bertz CT molecular complexity index is 923. The first-order valence-corrected chi connectivity index (χ1v) is 7.50. The van der Waals surface area contributed by atoms with E-state index in [0.717, 1.165) is 12.1 Å². The highest BCUT2D eigenvalue weighted by molar-refractivity contribution is 5.81. The molecule has 0 N–H and O–H groups in total. The Morgan fingerprint density at radius 3 is 2.52 bits per heavy atom. The molecule has 0 bridgehead atoms. The van der Waals surface area contributed by atoms with Gasteiger partial charge < -0.3 is 4.57 Å². The number of hydrogen-bond acceptors (Lipinski definition) is 1. The van der Waals surface area contributed by atoms with Gasteiger partial charge >= 0.3 is 6.18 Å². The first-order chi connectivity index (χ1) is 11.8. The minimum atomic E-state index is -4.40. The molecule has 0 fully saturated rings. The van der Waals surface area contributed by atoms with Crippen molar-refractivity contribution in [3.05, 3.63) is 83.4 Å². The molecule has 3 rings (SSSR count). The van der Waals surface area contributed by atoms with Crippen LogP contribution in [-0.2, 0) is 6.18 Å². The summed E-state index contributed by atoms with van der Waals surface area (Å²) < 4.78 is 53.5. The van der Waals surface area contributed by atoms with Crippen LogP contribution in [0, 0.1) is 12.7 Å². The number of hydrogen-bond donors (Lipinski definition) is 0. The Morgan fingerprint density at radius 2 is 1.80 bits per heavy atom. The first-order valence-electron chi connectivity index (χ1n) is 7.50. The second-order valence-corrected chi connectivity index (χ2v) is 5.54. The number of aliphatic imine (C=N–C) groups is 1. The van der Waals surface area contributed by atoms with E-state index in [0.29, 0.717) is 22.6 Å². The van der Waals surface area contributed by atoms with Crippen LogP contribution in [0.4, 0.5) is 23.2 Å². The number of halogens is 4. The van der Waals surface area contributed by atoms with Gasteiger partial charge in [-0.25, -0.2) is 4.39 Å². The van der Waals surface area contributed by atoms with Crippen molar-refractivity contribution in [3.8, 4) is 5.69 Å². The van der Waals surface area contributed by atoms with E-state index in [1.54, 1.807) is 42.0 Å². The Kier molecular flexibility index (Phi) is 4.44. The van der Waals surface area contributed by atoms with Gasteiger partial charge in [0.15, 0.2) is 0 Å². The standard InChI is InChI=1S/C19H14F4N2/c1-13-10-15(7-8-18(13)20)24-12-17-6-3-9-25(17)16-5-2-4-14(11-16)19(21,22)23/h2-12H,1H3. The Balaban J connectivity index is 1.93. The lowest BCUT2D eigenvalue weighted by atomic mass is 10.2. The summed E-state index contributed by atoms with van der Waals surface area (Å²) in [6, 6.07) is 13.0. The molecule has 0 saturated carbocycles. The molecule has 0 aliphatic heterocycles. The molecular weight excluding hydrogens is 332 g/mol. The van der Waals surface area contributed by atoms with Crippen LogP contribution in [0.2, 0.25) is 0 Å². The molecule has 0 saturated heterocycles. The van der Waals surface area contributed by atoms with Gasteiger partial charge in [0.05, 0.1) is 23.2 Å². The van der Waals surface area contributed by atoms with E-state index in [1.165, 1.54) is 24.4 Å². The molecule has 128 valence electrons. The summed E-state index contributed by atoms with van der Waals surface area (Å²) in [5, 5.41) is 0. The van der Waals surface area contributed by atoms with Crippen LogP contribution in [0.3, 0.4) is 0 Å². The van der Waals surface area contributed by atoms with Crippen LogP contribution < -0.4 is 0 Å². The molecule has 0 amide bonds. The lowest BCUT2D eigenvalue weighted by Gasteiger charge is -2.11. The molecule has 3 aromatic rings. The van der Waals surface area contributed by atoms with Gasteiger partial charge in [-0.2, -0.15) is 13.2 Å². The highest BCUT2D eigenvalue weighted by atomic mass is 19.4. The molecule has 0 spiro atoms. The average molecular weight is 346 g/mol. The van der Waals surface area contributed by atoms with Crippen LogP contribution in [-0.4, -0.2) is 10.8 Å². The SMILES string of the molecule is Cc1cc(N=Cc2cccn2-c2cccc(C(F)(F)F)c2)ccc1F. The summed E-state index contributed by atoms with van der Waals surface area (Å²) >= 11 is 0. The Hall–Kier alpha value is -2.89. The van der Waals surface area contributed by atoms with Crippen molar-refractivity contribution in [2.24, 2.45) is 4.99 Å². The topological polar surface area (TPSA) is 17.3 Å². The van der Waals surface area contributed by atoms with Crippen molar-refractivity contribution in [2.75, 3.05) is 0 Å². The molecule has 0 aliphatic carbocycles. The normalized spacial score (nSPS) is 12.0. The van der Waals surface area contributed by atoms with Crippen LogP contribution in [0.5, 0.6) is 0 Å². The van der Waals surface area contributed by atoms with Crippen LogP contribution in [0.1, 0.15) is 16.8 Å². The zero-order valence-corrected chi connectivity index (χ0v) is 13.3. The quantitative estimate of drug-likeness (QED) is 0.428. The maximum Gasteiger partial charge on any atom is 0.416 e. The number of nitrogens with zero attached hydrogens (tertiary/aromatic N) is 2. The highest BCUT2D eigenvalue weighted by Gasteiger charge is 2.30. The molecule has 6 heteroatoms. The minimum Gasteiger partial charge on any atom is -0.316 e. The third kappa shape index (κ3) is 3.79. The molecule has 1 heterocycles. The van der Waals surface area contributed by atoms with E-state index in [9.17, 15) is 17.6 Å². The number of aromatic nitrogens is 1. The molecule has 0 radical (unpaired) electrons. The van der Waals surface area contributed by atoms with Gasteiger partial charge in [0.1, 0.15) is 5.82 Å². The van der Waals surface area contributed by atoms with Crippen molar-refractivity contribution < 1.29 is 17.6 Å². The van der Waals surface area contributed by atoms with Gasteiger partial charge in [-0.15, -0.1) is 0 Å². The summed E-state index contributed by atoms with van der Waals surface area (Å²) in [7, 11) is 0. The largest absolute Gasteiger partial charge is 0.416 e.